The highest BCUT2D eigenvalue weighted by Crippen LogP contribution is 2.46. The number of aromatic nitrogens is 2. The lowest BCUT2D eigenvalue weighted by Gasteiger charge is -2.40. The van der Waals surface area contributed by atoms with Crippen molar-refractivity contribution in [2.45, 2.75) is 42.3 Å². The van der Waals surface area contributed by atoms with E-state index >= 15 is 4.39 Å². The number of amides is 1. The van der Waals surface area contributed by atoms with Gasteiger partial charge >= 0.3 is 17.8 Å². The monoisotopic (exact) mass is 687 g/mol. The van der Waals surface area contributed by atoms with E-state index in [0.29, 0.717) is 32.8 Å². The Morgan fingerprint density at radius 1 is 0.918 bits per heavy atom. The molecule has 1 amide bonds. The number of hydrogen-bond acceptors (Lipinski definition) is 8. The molecule has 3 aromatic carbocycles. The van der Waals surface area contributed by atoms with Crippen LogP contribution >= 0.6 is 0 Å². The Labute approximate surface area is 277 Å². The van der Waals surface area contributed by atoms with Gasteiger partial charge < -0.3 is 29.4 Å². The van der Waals surface area contributed by atoms with Gasteiger partial charge in [0.2, 0.25) is 0 Å². The van der Waals surface area contributed by atoms with Crippen LogP contribution in [0.4, 0.5) is 17.6 Å². The van der Waals surface area contributed by atoms with Gasteiger partial charge in [-0.15, -0.1) is 0 Å². The summed E-state index contributed by atoms with van der Waals surface area (Å²) in [5, 5.41) is 13.1. The van der Waals surface area contributed by atoms with Gasteiger partial charge in [0.25, 0.3) is 5.56 Å². The molecule has 2 heterocycles. The van der Waals surface area contributed by atoms with Crippen LogP contribution < -0.4 is 26.0 Å². The van der Waals surface area contributed by atoms with Gasteiger partial charge in [-0.05, 0) is 47.4 Å². The Bertz CT molecular complexity index is 1800. The highest BCUT2D eigenvalue weighted by atomic mass is 19.4. The second-order valence-corrected chi connectivity index (χ2v) is 11.3. The highest BCUT2D eigenvalue weighted by molar-refractivity contribution is 5.81. The third kappa shape index (κ3) is 7.09. The van der Waals surface area contributed by atoms with Gasteiger partial charge in [-0.25, -0.2) is 9.18 Å². The quantitative estimate of drug-likeness (QED) is 0.152. The number of alkyl halides is 4. The van der Waals surface area contributed by atoms with E-state index in [2.05, 4.69) is 0 Å². The molecular formula is C34H33F4N3O8. The summed E-state index contributed by atoms with van der Waals surface area (Å²) >= 11 is 0. The van der Waals surface area contributed by atoms with E-state index in [1.54, 1.807) is 84.2 Å². The van der Waals surface area contributed by atoms with Crippen molar-refractivity contribution in [2.75, 3.05) is 27.4 Å². The zero-order valence-corrected chi connectivity index (χ0v) is 26.3. The molecule has 4 aromatic rings. The number of benzene rings is 3. The Hall–Kier alpha value is -4.99. The number of carbonyl (C=O) groups excluding carboxylic acids is 1. The molecular weight excluding hydrogens is 654 g/mol. The predicted octanol–water partition coefficient (Wildman–Crippen LogP) is 3.60. The third-order valence-electron chi connectivity index (χ3n) is 8.39. The van der Waals surface area contributed by atoms with Crippen LogP contribution in [0.5, 0.6) is 11.5 Å². The molecule has 1 aliphatic rings. The summed E-state index contributed by atoms with van der Waals surface area (Å²) in [4.78, 5) is 38.0. The van der Waals surface area contributed by atoms with Crippen molar-refractivity contribution in [1.29, 1.82) is 0 Å². The molecule has 4 atom stereocenters. The number of carbonyl (C=O) groups is 1. The van der Waals surface area contributed by atoms with E-state index in [4.69, 9.17) is 18.9 Å². The first kappa shape index (κ1) is 35.3. The molecule has 5 rings (SSSR count). The number of nitrogens with one attached hydrogen (secondary N) is 2. The van der Waals surface area contributed by atoms with Crippen molar-refractivity contribution < 1.29 is 46.4 Å². The molecule has 260 valence electrons. The third-order valence-corrected chi connectivity index (χ3v) is 8.39. The van der Waals surface area contributed by atoms with Gasteiger partial charge in [-0.3, -0.25) is 19.1 Å². The largest absolute Gasteiger partial charge is 0.497 e. The van der Waals surface area contributed by atoms with Crippen molar-refractivity contribution in [1.82, 2.24) is 14.9 Å². The lowest BCUT2D eigenvalue weighted by molar-refractivity contribution is -0.176. The van der Waals surface area contributed by atoms with E-state index in [1.165, 1.54) is 14.2 Å². The second-order valence-electron chi connectivity index (χ2n) is 11.3. The van der Waals surface area contributed by atoms with Gasteiger partial charge in [0.1, 0.15) is 28.8 Å². The number of aliphatic hydroxyl groups excluding tert-OH is 1. The molecule has 0 unspecified atom stereocenters. The summed E-state index contributed by atoms with van der Waals surface area (Å²) in [6.07, 6.45) is -11.1. The molecule has 1 aromatic heterocycles. The lowest BCUT2D eigenvalue weighted by Crippen LogP contribution is -2.51. The fourth-order valence-corrected chi connectivity index (χ4v) is 5.85. The number of methoxy groups -OCH3 is 2. The normalized spacial score (nSPS) is 20.9. The van der Waals surface area contributed by atoms with Crippen LogP contribution in [0.25, 0.3) is 0 Å². The summed E-state index contributed by atoms with van der Waals surface area (Å²) in [6, 6.07) is 23.5. The number of H-pyrrole nitrogens is 1. The number of hydrogen-bond donors (Lipinski definition) is 3. The first-order chi connectivity index (χ1) is 23.3. The SMILES string of the molecule is COc1ccc(C(OC[C@@]2(CCNC(=O)C(F)(F)F)O[C@@H](n3ccc(=O)[nH]c3=O)[C@H](F)[C@@H]2O)(c2ccccc2)c2ccc(OC)cc2)cc1. The number of nitrogens with zero attached hydrogens (tertiary/aromatic N) is 1. The van der Waals surface area contributed by atoms with Crippen LogP contribution in [-0.4, -0.2) is 72.0 Å². The minimum Gasteiger partial charge on any atom is -0.497 e. The minimum atomic E-state index is -5.21. The highest BCUT2D eigenvalue weighted by Gasteiger charge is 2.57. The van der Waals surface area contributed by atoms with Crippen molar-refractivity contribution >= 4 is 5.91 Å². The maximum absolute atomic E-state index is 16.0. The molecule has 0 saturated carbocycles. The van der Waals surface area contributed by atoms with Crippen molar-refractivity contribution in [3.8, 4) is 11.5 Å². The van der Waals surface area contributed by atoms with Crippen molar-refractivity contribution in [2.24, 2.45) is 0 Å². The van der Waals surface area contributed by atoms with Gasteiger partial charge in [-0.1, -0.05) is 54.6 Å². The Balaban J connectivity index is 1.64. The van der Waals surface area contributed by atoms with Crippen molar-refractivity contribution in [3.63, 3.8) is 0 Å². The van der Waals surface area contributed by atoms with E-state index in [1.807, 2.05) is 4.98 Å². The van der Waals surface area contributed by atoms with Gasteiger partial charge in [0.05, 0.1) is 20.8 Å². The Morgan fingerprint density at radius 3 is 1.98 bits per heavy atom. The molecule has 1 aliphatic heterocycles. The summed E-state index contributed by atoms with van der Waals surface area (Å²) in [6.45, 7) is -1.39. The smallest absolute Gasteiger partial charge is 0.471 e. The van der Waals surface area contributed by atoms with E-state index < -0.39 is 72.6 Å². The molecule has 0 bridgehead atoms. The topological polar surface area (TPSA) is 141 Å². The first-order valence-corrected chi connectivity index (χ1v) is 15.0. The van der Waals surface area contributed by atoms with Crippen LogP contribution in [0.1, 0.15) is 29.3 Å². The van der Waals surface area contributed by atoms with Crippen LogP contribution in [0, 0.1) is 0 Å². The van der Waals surface area contributed by atoms with Crippen LogP contribution in [0.2, 0.25) is 0 Å². The maximum Gasteiger partial charge on any atom is 0.471 e. The van der Waals surface area contributed by atoms with E-state index in [0.717, 1.165) is 12.3 Å². The molecule has 0 spiro atoms. The maximum atomic E-state index is 16.0. The predicted molar refractivity (Wildman–Crippen MR) is 167 cm³/mol. The fraction of sp³-hybridized carbons (Fsp3) is 0.324. The Kier molecular flexibility index (Phi) is 10.3. The van der Waals surface area contributed by atoms with E-state index in [-0.39, 0.29) is 0 Å². The van der Waals surface area contributed by atoms with E-state index in [9.17, 15) is 32.7 Å². The number of ether oxygens (including phenoxy) is 4. The first-order valence-electron chi connectivity index (χ1n) is 15.0. The second kappa shape index (κ2) is 14.2. The summed E-state index contributed by atoms with van der Waals surface area (Å²) in [7, 11) is 2.99. The Morgan fingerprint density at radius 2 is 1.47 bits per heavy atom. The zero-order chi connectivity index (χ0) is 35.4. The van der Waals surface area contributed by atoms with Crippen LogP contribution in [0.3, 0.4) is 0 Å². The summed E-state index contributed by atoms with van der Waals surface area (Å²) in [5.41, 5.74) is -3.83. The average molecular weight is 688 g/mol. The standard InChI is InChI=1S/C34H33F4N3O8/c1-46-24-12-8-22(9-13-24)33(21-6-4-3-5-7-21,23-10-14-25(47-2)15-11-23)48-20-32(17-18-39-30(44)34(36,37)38)28(43)27(35)29(49-32)41-19-16-26(42)40-31(41)45/h3-16,19,27-29,43H,17-18,20H2,1-2H3,(H,39,44)(H,40,42,45)/t27-,28+,29-,32-/m1/s1. The fourth-order valence-electron chi connectivity index (χ4n) is 5.85. The minimum absolute atomic E-state index is 0.529. The summed E-state index contributed by atoms with van der Waals surface area (Å²) < 4.78 is 79.4. The van der Waals surface area contributed by atoms with Gasteiger partial charge in [0, 0.05) is 18.8 Å². The van der Waals surface area contributed by atoms with Gasteiger partial charge in [0.15, 0.2) is 12.4 Å². The van der Waals surface area contributed by atoms with Crippen LogP contribution in [-0.2, 0) is 19.9 Å². The number of aromatic amines is 1. The molecule has 0 aliphatic carbocycles. The summed E-state index contributed by atoms with van der Waals surface area (Å²) in [5.74, 6) is -1.20. The molecule has 0 radical (unpaired) electrons. The van der Waals surface area contributed by atoms with Crippen LogP contribution in [0.15, 0.2) is 101 Å². The number of aliphatic hydroxyl groups is 1. The molecule has 11 nitrogen and oxygen atoms in total. The molecule has 15 heteroatoms. The van der Waals surface area contributed by atoms with Gasteiger partial charge in [-0.2, -0.15) is 13.2 Å². The number of halogens is 4. The number of rotatable bonds is 12. The molecule has 1 fully saturated rings. The molecule has 49 heavy (non-hydrogen) atoms. The lowest BCUT2D eigenvalue weighted by atomic mass is 9.79. The molecule has 3 N–H and O–H groups in total. The average Bonchev–Trinajstić information content (AvgIpc) is 3.34. The molecule has 1 saturated heterocycles. The zero-order valence-electron chi connectivity index (χ0n) is 26.3. The van der Waals surface area contributed by atoms with Crippen molar-refractivity contribution in [3.05, 3.63) is 129 Å².